The topological polar surface area (TPSA) is 146 Å². The third-order valence-corrected chi connectivity index (χ3v) is 0. The van der Waals surface area contributed by atoms with E-state index in [0.29, 0.717) is 0 Å². The summed E-state index contributed by atoms with van der Waals surface area (Å²) in [6.45, 7) is 0. The predicted molar refractivity (Wildman–Crippen MR) is 25.6 cm³/mol. The zero-order valence-corrected chi connectivity index (χ0v) is 4.41. The summed E-state index contributed by atoms with van der Waals surface area (Å²) in [5.74, 6) is 0. The number of halogens is 1. The Balaban J connectivity index is -0.000000000833. The fraction of sp³-hybridized carbons (Fsp3) is 0. The molecule has 0 aromatic carbocycles. The molecule has 0 aliphatic heterocycles. The predicted octanol–water partition coefficient (Wildman–Crippen LogP) is -3.01. The van der Waals surface area contributed by atoms with Gasteiger partial charge in [0, 0.05) is 0 Å². The first-order valence-electron chi connectivity index (χ1n) is 0.169. The minimum atomic E-state index is 0. The Morgan fingerprint density at radius 1 is 0.667 bits per heavy atom. The molecule has 0 aliphatic rings. The SMILES string of the molecule is O.O.O.O.OBr. The third kappa shape index (κ3) is 587. The Bertz CT molecular complexity index is 3.90. The fourth-order valence-corrected chi connectivity index (χ4v) is 0. The first kappa shape index (κ1) is 107. The summed E-state index contributed by atoms with van der Waals surface area (Å²) < 4.78 is 6.81. The Morgan fingerprint density at radius 2 is 0.667 bits per heavy atom. The lowest BCUT2D eigenvalue weighted by Crippen LogP contribution is -0.872. The first-order valence-corrected chi connectivity index (χ1v) is 0.878. The summed E-state index contributed by atoms with van der Waals surface area (Å²) in [5.41, 5.74) is 0. The number of hydrogen-bond donors (Lipinski definition) is 1. The standard InChI is InChI=1S/BrHO.4H2O/c1-2;;;;/h2H;4*1H2. The highest BCUT2D eigenvalue weighted by Crippen LogP contribution is 1.43. The van der Waals surface area contributed by atoms with Crippen LogP contribution in [0.2, 0.25) is 0 Å². The van der Waals surface area contributed by atoms with Gasteiger partial charge in [0.2, 0.25) is 0 Å². The van der Waals surface area contributed by atoms with Crippen molar-refractivity contribution in [3.8, 4) is 0 Å². The van der Waals surface area contributed by atoms with E-state index in [-0.39, 0.29) is 21.9 Å². The largest absolute Gasteiger partial charge is 0.412 e. The van der Waals surface area contributed by atoms with Crippen LogP contribution in [0.15, 0.2) is 0 Å². The molecular weight excluding hydrogens is 160 g/mol. The van der Waals surface area contributed by atoms with Gasteiger partial charge in [0.25, 0.3) is 0 Å². The van der Waals surface area contributed by atoms with E-state index >= 15 is 0 Å². The highest BCUT2D eigenvalue weighted by molar-refractivity contribution is 9.05. The van der Waals surface area contributed by atoms with Gasteiger partial charge in [0.15, 0.2) is 0 Å². The highest BCUT2D eigenvalue weighted by atomic mass is 79.9. The molecule has 0 aromatic heterocycles. The molecule has 0 atom stereocenters. The van der Waals surface area contributed by atoms with Crippen LogP contribution in [0.3, 0.4) is 0 Å². The second-order valence-corrected chi connectivity index (χ2v) is 0. The fourth-order valence-electron chi connectivity index (χ4n) is 0. The number of hydrogen-bond acceptors (Lipinski definition) is 1. The van der Waals surface area contributed by atoms with Crippen molar-refractivity contribution in [2.45, 2.75) is 0 Å². The van der Waals surface area contributed by atoms with Gasteiger partial charge in [0.05, 0.1) is 16.3 Å². The van der Waals surface area contributed by atoms with E-state index in [2.05, 4.69) is 0 Å². The van der Waals surface area contributed by atoms with Crippen molar-refractivity contribution < 1.29 is 26.1 Å². The molecule has 9 N–H and O–H groups in total. The molecular formula is H9BrO5. The van der Waals surface area contributed by atoms with Crippen molar-refractivity contribution in [2.75, 3.05) is 0 Å². The highest BCUT2D eigenvalue weighted by Gasteiger charge is 0.908. The van der Waals surface area contributed by atoms with Gasteiger partial charge in [-0.15, -0.1) is 0 Å². The lowest BCUT2D eigenvalue weighted by atomic mass is 16.0. The Labute approximate surface area is 43.3 Å². The smallest absolute Gasteiger partial charge is 0.0957 e. The van der Waals surface area contributed by atoms with Crippen molar-refractivity contribution in [1.82, 2.24) is 0 Å². The van der Waals surface area contributed by atoms with Gasteiger partial charge in [0.1, 0.15) is 0 Å². The normalized spacial score (nSPS) is 1.00. The van der Waals surface area contributed by atoms with Crippen molar-refractivity contribution >= 4 is 16.3 Å². The molecule has 6 heavy (non-hydrogen) atoms. The summed E-state index contributed by atoms with van der Waals surface area (Å²) >= 11 is 1.94. The lowest BCUT2D eigenvalue weighted by molar-refractivity contribution is 0.702. The molecule has 0 aromatic rings. The molecule has 5 nitrogen and oxygen atoms in total. The Hall–Kier alpha value is 0.280. The molecule has 0 amide bonds. The van der Waals surface area contributed by atoms with Crippen molar-refractivity contribution in [3.63, 3.8) is 0 Å². The van der Waals surface area contributed by atoms with Gasteiger partial charge in [-0.2, -0.15) is 0 Å². The first-order chi connectivity index (χ1) is 1.00. The zero-order valence-electron chi connectivity index (χ0n) is 2.83. The summed E-state index contributed by atoms with van der Waals surface area (Å²) in [6.07, 6.45) is 0. The minimum Gasteiger partial charge on any atom is -0.412 e. The lowest BCUT2D eigenvalue weighted by Gasteiger charge is -1.14. The average Bonchev–Trinajstić information content (AvgIpc) is 1.00. The van der Waals surface area contributed by atoms with Crippen LogP contribution >= 0.6 is 16.3 Å². The molecule has 0 spiro atoms. The summed E-state index contributed by atoms with van der Waals surface area (Å²) in [4.78, 5) is 0. The maximum atomic E-state index is 6.81. The Morgan fingerprint density at radius 3 is 0.667 bits per heavy atom. The van der Waals surface area contributed by atoms with E-state index in [0.717, 1.165) is 0 Å². The van der Waals surface area contributed by atoms with Crippen molar-refractivity contribution in [1.29, 1.82) is 0 Å². The molecule has 0 saturated heterocycles. The van der Waals surface area contributed by atoms with Crippen LogP contribution in [0.25, 0.3) is 0 Å². The molecule has 0 aliphatic carbocycles. The molecule has 0 bridgehead atoms. The van der Waals surface area contributed by atoms with E-state index in [4.69, 9.17) is 4.20 Å². The van der Waals surface area contributed by atoms with Gasteiger partial charge >= 0.3 is 0 Å². The van der Waals surface area contributed by atoms with E-state index in [9.17, 15) is 0 Å². The minimum absolute atomic E-state index is 0. The summed E-state index contributed by atoms with van der Waals surface area (Å²) in [7, 11) is 0. The Kier molecular flexibility index (Phi) is 22000. The number of rotatable bonds is 0. The van der Waals surface area contributed by atoms with E-state index < -0.39 is 0 Å². The van der Waals surface area contributed by atoms with Crippen LogP contribution in [0, 0.1) is 0 Å². The van der Waals surface area contributed by atoms with Gasteiger partial charge < -0.3 is 26.1 Å². The molecule has 46 valence electrons. The van der Waals surface area contributed by atoms with Crippen molar-refractivity contribution in [2.24, 2.45) is 0 Å². The maximum absolute atomic E-state index is 6.81. The van der Waals surface area contributed by atoms with Crippen LogP contribution in [-0.2, 0) is 0 Å². The molecule has 0 radical (unpaired) electrons. The van der Waals surface area contributed by atoms with Gasteiger partial charge in [-0.05, 0) is 0 Å². The summed E-state index contributed by atoms with van der Waals surface area (Å²) in [5, 5.41) is 0. The zero-order chi connectivity index (χ0) is 2.00. The van der Waals surface area contributed by atoms with Gasteiger partial charge in [-0.1, -0.05) is 0 Å². The van der Waals surface area contributed by atoms with E-state index in [1.807, 2.05) is 16.3 Å². The third-order valence-electron chi connectivity index (χ3n) is 0. The van der Waals surface area contributed by atoms with Gasteiger partial charge in [-0.25, -0.2) is 0 Å². The molecule has 0 saturated carbocycles. The molecule has 0 fully saturated rings. The van der Waals surface area contributed by atoms with Crippen LogP contribution in [0.5, 0.6) is 0 Å². The van der Waals surface area contributed by atoms with Crippen LogP contribution < -0.4 is 0 Å². The van der Waals surface area contributed by atoms with Gasteiger partial charge in [-0.3, -0.25) is 0 Å². The monoisotopic (exact) mass is 168 g/mol. The molecule has 0 unspecified atom stereocenters. The molecule has 0 rings (SSSR count). The average molecular weight is 169 g/mol. The molecule has 0 heterocycles. The van der Waals surface area contributed by atoms with Crippen LogP contribution in [-0.4, -0.2) is 26.1 Å². The van der Waals surface area contributed by atoms with Crippen LogP contribution in [0.4, 0.5) is 0 Å². The summed E-state index contributed by atoms with van der Waals surface area (Å²) in [6, 6.07) is 0. The van der Waals surface area contributed by atoms with Crippen molar-refractivity contribution in [3.05, 3.63) is 0 Å². The van der Waals surface area contributed by atoms with E-state index in [1.165, 1.54) is 0 Å². The maximum Gasteiger partial charge on any atom is 0.0957 e. The second-order valence-electron chi connectivity index (χ2n) is 0. The quantitative estimate of drug-likeness (QED) is 0.404. The molecule has 6 heteroatoms. The second kappa shape index (κ2) is 1230. The van der Waals surface area contributed by atoms with E-state index in [1.54, 1.807) is 0 Å². The van der Waals surface area contributed by atoms with Crippen LogP contribution in [0.1, 0.15) is 0 Å².